The maximum absolute atomic E-state index is 11.7. The summed E-state index contributed by atoms with van der Waals surface area (Å²) in [6.07, 6.45) is 0. The first-order chi connectivity index (χ1) is 9.34. The van der Waals surface area contributed by atoms with Crippen molar-refractivity contribution in [3.8, 4) is 0 Å². The van der Waals surface area contributed by atoms with Crippen molar-refractivity contribution in [3.63, 3.8) is 0 Å². The molecule has 0 radical (unpaired) electrons. The maximum atomic E-state index is 11.7. The van der Waals surface area contributed by atoms with Crippen LogP contribution in [0.2, 0.25) is 0 Å². The van der Waals surface area contributed by atoms with E-state index in [4.69, 9.17) is 0 Å². The van der Waals surface area contributed by atoms with E-state index in [-0.39, 0.29) is 0 Å². The van der Waals surface area contributed by atoms with Gasteiger partial charge in [0.25, 0.3) is 0 Å². The van der Waals surface area contributed by atoms with Gasteiger partial charge in [-0.15, -0.1) is 0 Å². The van der Waals surface area contributed by atoms with Gasteiger partial charge < -0.3 is 0 Å². The average molecular weight is 350 g/mol. The molecule has 0 amide bonds. The normalized spacial score (nSPS) is 20.7. The predicted octanol–water partition coefficient (Wildman–Crippen LogP) is -2.18. The number of hydrogen-bond donors (Lipinski definition) is 0. The zero-order valence-electron chi connectivity index (χ0n) is 10.5. The second kappa shape index (κ2) is 2.25. The van der Waals surface area contributed by atoms with Gasteiger partial charge in [0.05, 0.1) is 0 Å². The van der Waals surface area contributed by atoms with Crippen LogP contribution in [0, 0.1) is 0 Å². The molecule has 0 aliphatic heterocycles. The van der Waals surface area contributed by atoms with Crippen LogP contribution < -0.4 is 0 Å². The topological polar surface area (TPSA) is 163 Å². The molecular weight excluding hydrogens is 339 g/mol. The van der Waals surface area contributed by atoms with Gasteiger partial charge in [-0.3, -0.25) is 0 Å². The van der Waals surface area contributed by atoms with E-state index in [2.05, 4.69) is 3.88 Å². The standard InChI is InChI=1S/C2H4O2.8CHO.Ni/c1-2(3)4;8*1-2;/h1H3,(H,3,4);8*1H;/q;;;;;;;;;+1/p-1. The Kier molecular flexibility index (Phi) is 1.96. The molecule has 0 rings (SSSR count). The molecule has 0 fully saturated rings. The van der Waals surface area contributed by atoms with Crippen LogP contribution in [0.5, 0.6) is 0 Å². The molecule has 121 valence electrons. The van der Waals surface area contributed by atoms with Crippen molar-refractivity contribution in [1.82, 2.24) is 0 Å². The zero-order chi connectivity index (χ0) is 17.3. The van der Waals surface area contributed by atoms with Crippen molar-refractivity contribution < 1.29 is 54.6 Å². The monoisotopic (exact) mass is 349 g/mol. The second-order valence-corrected chi connectivity index (χ2v) is 17.8. The van der Waals surface area contributed by atoms with E-state index in [1.807, 2.05) is 0 Å². The number of carbonyl (C=O) groups excluding carboxylic acids is 9. The van der Waals surface area contributed by atoms with Gasteiger partial charge in [0, 0.05) is 0 Å². The van der Waals surface area contributed by atoms with Crippen molar-refractivity contribution in [2.24, 2.45) is 0 Å². The molecule has 0 heterocycles. The first-order valence-corrected chi connectivity index (χ1v) is 9.35. The van der Waals surface area contributed by atoms with Crippen molar-refractivity contribution >= 4 is 48.0 Å². The fraction of sp³-hybridized carbons (Fsp3) is 0.100. The van der Waals surface area contributed by atoms with Crippen LogP contribution in [0.3, 0.4) is 0 Å². The van der Waals surface area contributed by atoms with E-state index in [1.54, 1.807) is 0 Å². The fourth-order valence-electron chi connectivity index (χ4n) is 1.03. The van der Waals surface area contributed by atoms with E-state index in [0.717, 1.165) is 0 Å². The van der Waals surface area contributed by atoms with Gasteiger partial charge in [-0.05, 0) is 0 Å². The van der Waals surface area contributed by atoms with Gasteiger partial charge in [-0.1, -0.05) is 0 Å². The van der Waals surface area contributed by atoms with Crippen molar-refractivity contribution in [2.45, 2.75) is 6.92 Å². The number of hydrogen-bond acceptors (Lipinski definition) is 10. The second-order valence-electron chi connectivity index (χ2n) is 4.70. The summed E-state index contributed by atoms with van der Waals surface area (Å²) in [7, 11) is -10.1. The van der Waals surface area contributed by atoms with Crippen LogP contribution in [0.25, 0.3) is 0 Å². The molecule has 0 aromatic carbocycles. The zero-order valence-corrected chi connectivity index (χ0v) is 11.5. The Morgan fingerprint density at radius 1 is 0.619 bits per heavy atom. The van der Waals surface area contributed by atoms with E-state index in [9.17, 15) is 43.2 Å². The molecule has 0 aliphatic rings. The molecule has 11 heteroatoms. The molecule has 10 nitrogen and oxygen atoms in total. The van der Waals surface area contributed by atoms with E-state index in [0.29, 0.717) is 6.92 Å². The van der Waals surface area contributed by atoms with Crippen LogP contribution >= 0.6 is 0 Å². The van der Waals surface area contributed by atoms with Crippen molar-refractivity contribution in [1.29, 1.82) is 0 Å². The summed E-state index contributed by atoms with van der Waals surface area (Å²) in [5.41, 5.74) is 0. The summed E-state index contributed by atoms with van der Waals surface area (Å²) in [5, 5.41) is -11.0. The Morgan fingerprint density at radius 2 is 0.810 bits per heavy atom. The number of carbonyl (C=O) groups is 9. The molecule has 0 aromatic heterocycles. The minimum atomic E-state index is -10.1. The van der Waals surface area contributed by atoms with Crippen molar-refractivity contribution in [2.75, 3.05) is 0 Å². The van der Waals surface area contributed by atoms with E-state index < -0.39 is 55.6 Å². The van der Waals surface area contributed by atoms with Crippen molar-refractivity contribution in [3.05, 3.63) is 0 Å². The fourth-order valence-corrected chi connectivity index (χ4v) is 4.26. The molecule has 0 N–H and O–H groups in total. The summed E-state index contributed by atoms with van der Waals surface area (Å²) in [4.78, 5) is 105. The van der Waals surface area contributed by atoms with Crippen LogP contribution in [0.15, 0.2) is 0 Å². The van der Waals surface area contributed by atoms with Gasteiger partial charge in [0.2, 0.25) is 0 Å². The summed E-state index contributed by atoms with van der Waals surface area (Å²) >= 11 is 0. The molecular formula is C10H11NiO10. The molecule has 0 unspecified atom stereocenters. The van der Waals surface area contributed by atoms with Crippen LogP contribution in [-0.2, 0) is 54.6 Å². The quantitative estimate of drug-likeness (QED) is 0.330. The molecule has 0 aliphatic carbocycles. The van der Waals surface area contributed by atoms with Gasteiger partial charge in [-0.25, -0.2) is 0 Å². The summed E-state index contributed by atoms with van der Waals surface area (Å²) in [6, 6.07) is 0. The van der Waals surface area contributed by atoms with E-state index in [1.165, 1.54) is 0 Å². The molecule has 0 bridgehead atoms. The van der Waals surface area contributed by atoms with Gasteiger partial charge in [0.1, 0.15) is 0 Å². The molecule has 21 heavy (non-hydrogen) atoms. The minimum absolute atomic E-state index is 0.351. The third kappa shape index (κ3) is 0.800. The third-order valence-electron chi connectivity index (χ3n) is 3.04. The molecule has 0 saturated heterocycles. The SMILES string of the molecule is CC(=O)[O][Ni]([CH]=O)([CH]=O)([CH]=O)([CH]=O)([CH]=O)([CH]=O)([CH]=O)[CH]=O. The Hall–Kier alpha value is -2.68. The van der Waals surface area contributed by atoms with Crippen LogP contribution in [-0.4, -0.2) is 48.0 Å². The predicted molar refractivity (Wildman–Crippen MR) is 65.8 cm³/mol. The molecule has 0 aromatic rings. The van der Waals surface area contributed by atoms with Crippen LogP contribution in [0.1, 0.15) is 6.92 Å². The Bertz CT molecular complexity index is 588. The molecule has 0 atom stereocenters. The average Bonchev–Trinajstić information content (AvgIpc) is 2.57. The summed E-state index contributed by atoms with van der Waals surface area (Å²) in [5.74, 6) is -1.94. The third-order valence-corrected chi connectivity index (χ3v) is 12.5. The van der Waals surface area contributed by atoms with E-state index >= 15 is 0 Å². The molecule has 0 spiro atoms. The molecule has 0 saturated carbocycles. The van der Waals surface area contributed by atoms with Crippen LogP contribution in [0.4, 0.5) is 0 Å². The first kappa shape index (κ1) is 18.3. The summed E-state index contributed by atoms with van der Waals surface area (Å²) in [6.45, 7) is 0.351. The first-order valence-electron chi connectivity index (χ1n) is 4.38. The van der Waals surface area contributed by atoms with Gasteiger partial charge in [0.15, 0.2) is 0 Å². The van der Waals surface area contributed by atoms with Gasteiger partial charge in [-0.2, -0.15) is 0 Å². The Balaban J connectivity index is 9.27. The number of rotatable bonds is 9. The van der Waals surface area contributed by atoms with Gasteiger partial charge >= 0.3 is 110 Å². The summed E-state index contributed by atoms with van der Waals surface area (Å²) < 4.78 is 4.10. The Morgan fingerprint density at radius 3 is 0.857 bits per heavy atom. The Labute approximate surface area is 110 Å².